The second-order valence-electron chi connectivity index (χ2n) is 9.01. The Kier molecular flexibility index (Phi) is 6.02. The van der Waals surface area contributed by atoms with E-state index in [4.69, 9.17) is 11.6 Å². The quantitative estimate of drug-likeness (QED) is 0.505. The number of fused-ring (bicyclic) bond motifs is 1. The molecule has 0 aromatic carbocycles. The summed E-state index contributed by atoms with van der Waals surface area (Å²) in [7, 11) is 2.04. The first-order chi connectivity index (χ1) is 15.6. The summed E-state index contributed by atoms with van der Waals surface area (Å²) in [5.41, 5.74) is 2.92. The van der Waals surface area contributed by atoms with Crippen molar-refractivity contribution in [1.82, 2.24) is 25.2 Å². The number of aromatic nitrogens is 3. The average Bonchev–Trinajstić information content (AvgIpc) is 3.41. The molecule has 3 aromatic rings. The molecule has 1 atom stereocenters. The maximum atomic E-state index is 12.6. The Hall–Kier alpha value is -2.64. The van der Waals surface area contributed by atoms with Gasteiger partial charge in [-0.05, 0) is 81.9 Å². The van der Waals surface area contributed by atoms with E-state index >= 15 is 0 Å². The number of pyridine rings is 2. The molecule has 0 radical (unpaired) electrons. The minimum Gasteiger partial charge on any atom is -0.367 e. The maximum absolute atomic E-state index is 12.6. The van der Waals surface area contributed by atoms with Crippen LogP contribution in [0.15, 0.2) is 36.7 Å². The molecule has 3 aromatic heterocycles. The third-order valence-corrected chi connectivity index (χ3v) is 7.00. The highest BCUT2D eigenvalue weighted by Crippen LogP contribution is 2.31. The van der Waals surface area contributed by atoms with E-state index in [-0.39, 0.29) is 18.0 Å². The van der Waals surface area contributed by atoms with Crippen LogP contribution >= 0.6 is 11.6 Å². The Bertz CT molecular complexity index is 1110. The number of likely N-dealkylation sites (tertiary alicyclic amines) is 1. The van der Waals surface area contributed by atoms with Crippen molar-refractivity contribution in [3.63, 3.8) is 0 Å². The zero-order valence-corrected chi connectivity index (χ0v) is 19.0. The maximum Gasteiger partial charge on any atom is 0.237 e. The fraction of sp³-hybridized carbons (Fsp3) is 0.458. The van der Waals surface area contributed by atoms with Crippen molar-refractivity contribution in [2.24, 2.45) is 0 Å². The second-order valence-corrected chi connectivity index (χ2v) is 9.39. The first kappa shape index (κ1) is 21.2. The number of nitrogens with zero attached hydrogens (tertiary/aromatic N) is 3. The molecule has 168 valence electrons. The first-order valence-corrected chi connectivity index (χ1v) is 11.8. The predicted octanol–water partition coefficient (Wildman–Crippen LogP) is 4.21. The van der Waals surface area contributed by atoms with Crippen molar-refractivity contribution in [3.05, 3.63) is 41.8 Å². The van der Waals surface area contributed by atoms with E-state index in [0.717, 1.165) is 73.0 Å². The van der Waals surface area contributed by atoms with E-state index in [1.807, 2.05) is 31.4 Å². The Morgan fingerprint density at radius 3 is 2.78 bits per heavy atom. The Balaban J connectivity index is 1.21. The molecule has 8 heteroatoms. The van der Waals surface area contributed by atoms with Crippen molar-refractivity contribution < 1.29 is 4.79 Å². The largest absolute Gasteiger partial charge is 0.367 e. The summed E-state index contributed by atoms with van der Waals surface area (Å²) in [4.78, 5) is 26.8. The lowest BCUT2D eigenvalue weighted by atomic mass is 9.91. The van der Waals surface area contributed by atoms with Crippen LogP contribution in [-0.2, 0) is 4.79 Å². The number of H-pyrrole nitrogens is 1. The molecule has 1 aliphatic heterocycles. The molecule has 0 bridgehead atoms. The summed E-state index contributed by atoms with van der Waals surface area (Å²) < 4.78 is 0. The molecule has 32 heavy (non-hydrogen) atoms. The van der Waals surface area contributed by atoms with Crippen LogP contribution < -0.4 is 10.6 Å². The molecular formula is C24H29ClN6O. The summed E-state index contributed by atoms with van der Waals surface area (Å²) in [6.45, 7) is 1.01. The van der Waals surface area contributed by atoms with Gasteiger partial charge in [0.1, 0.15) is 16.6 Å². The van der Waals surface area contributed by atoms with Gasteiger partial charge in [-0.25, -0.2) is 9.97 Å². The molecule has 1 amide bonds. The average molecular weight is 453 g/mol. The minimum atomic E-state index is 0.0413. The third-order valence-electron chi connectivity index (χ3n) is 6.80. The first-order valence-electron chi connectivity index (χ1n) is 11.4. The van der Waals surface area contributed by atoms with Crippen molar-refractivity contribution in [3.8, 4) is 11.1 Å². The van der Waals surface area contributed by atoms with Gasteiger partial charge < -0.3 is 15.6 Å². The molecule has 7 nitrogen and oxygen atoms in total. The van der Waals surface area contributed by atoms with Gasteiger partial charge in [0.15, 0.2) is 0 Å². The van der Waals surface area contributed by atoms with E-state index in [2.05, 4.69) is 36.6 Å². The fourth-order valence-electron chi connectivity index (χ4n) is 5.05. The number of nitrogens with one attached hydrogen (secondary N) is 3. The molecule has 2 aliphatic rings. The zero-order chi connectivity index (χ0) is 22.1. The lowest BCUT2D eigenvalue weighted by Crippen LogP contribution is -2.47. The Labute approximate surface area is 193 Å². The number of rotatable bonds is 5. The van der Waals surface area contributed by atoms with Crippen LogP contribution in [0.3, 0.4) is 0 Å². The molecule has 0 spiro atoms. The molecule has 1 saturated carbocycles. The van der Waals surface area contributed by atoms with Crippen LogP contribution in [0.5, 0.6) is 0 Å². The number of carbonyl (C=O) groups excluding carboxylic acids is 1. The van der Waals surface area contributed by atoms with Crippen LogP contribution in [0, 0.1) is 0 Å². The van der Waals surface area contributed by atoms with Crippen molar-refractivity contribution >= 4 is 34.4 Å². The van der Waals surface area contributed by atoms with Gasteiger partial charge in [0.2, 0.25) is 5.91 Å². The number of hydrogen-bond acceptors (Lipinski definition) is 5. The van der Waals surface area contributed by atoms with Gasteiger partial charge in [-0.2, -0.15) is 0 Å². The smallest absolute Gasteiger partial charge is 0.237 e. The summed E-state index contributed by atoms with van der Waals surface area (Å²) in [5.74, 6) is 0.974. The predicted molar refractivity (Wildman–Crippen MR) is 128 cm³/mol. The van der Waals surface area contributed by atoms with Gasteiger partial charge in [-0.1, -0.05) is 11.6 Å². The Morgan fingerprint density at radius 1 is 1.19 bits per heavy atom. The van der Waals surface area contributed by atoms with E-state index in [1.54, 1.807) is 6.20 Å². The molecule has 1 saturated heterocycles. The van der Waals surface area contributed by atoms with E-state index in [9.17, 15) is 4.79 Å². The monoisotopic (exact) mass is 452 g/mol. The molecule has 1 unspecified atom stereocenters. The van der Waals surface area contributed by atoms with E-state index in [0.29, 0.717) is 11.2 Å². The van der Waals surface area contributed by atoms with Gasteiger partial charge in [0.05, 0.1) is 6.04 Å². The number of aromatic amines is 1. The third kappa shape index (κ3) is 4.45. The van der Waals surface area contributed by atoms with Gasteiger partial charge >= 0.3 is 0 Å². The van der Waals surface area contributed by atoms with Gasteiger partial charge in [0, 0.05) is 35.4 Å². The fourth-order valence-corrected chi connectivity index (χ4v) is 5.26. The highest BCUT2D eigenvalue weighted by Gasteiger charge is 2.30. The number of amides is 1. The van der Waals surface area contributed by atoms with Gasteiger partial charge in [0.25, 0.3) is 0 Å². The molecule has 3 N–H and O–H groups in total. The van der Waals surface area contributed by atoms with Gasteiger partial charge in [-0.3, -0.25) is 9.69 Å². The summed E-state index contributed by atoms with van der Waals surface area (Å²) >= 11 is 6.36. The molecule has 1 aliphatic carbocycles. The SMILES string of the molecule is CN1CCCC1C(=O)NC1CCC(Nc2cc(-c3c[nH]c4ncccc34)cc(Cl)n2)CC1. The molecule has 4 heterocycles. The molecule has 2 fully saturated rings. The minimum absolute atomic E-state index is 0.0413. The van der Waals surface area contributed by atoms with Crippen molar-refractivity contribution in [1.29, 1.82) is 0 Å². The lowest BCUT2D eigenvalue weighted by molar-refractivity contribution is -0.126. The number of anilines is 1. The van der Waals surface area contributed by atoms with Crippen LogP contribution in [0.4, 0.5) is 5.82 Å². The van der Waals surface area contributed by atoms with E-state index < -0.39 is 0 Å². The standard InChI is InChI=1S/C24H29ClN6O/c1-31-11-3-5-20(31)24(32)29-17-8-6-16(7-9-17)28-22-13-15(12-21(25)30-22)19-14-27-23-18(19)4-2-10-26-23/h2,4,10,12-14,16-17,20H,3,5-9,11H2,1H3,(H,26,27)(H,28,30)(H,29,32). The second kappa shape index (κ2) is 9.08. The van der Waals surface area contributed by atoms with Crippen molar-refractivity contribution in [2.75, 3.05) is 18.9 Å². The normalized spacial score (nSPS) is 24.0. The van der Waals surface area contributed by atoms with Gasteiger partial charge in [-0.15, -0.1) is 0 Å². The van der Waals surface area contributed by atoms with Crippen LogP contribution in [0.2, 0.25) is 5.15 Å². The summed E-state index contributed by atoms with van der Waals surface area (Å²) in [6, 6.07) is 8.54. The number of halogens is 1. The lowest BCUT2D eigenvalue weighted by Gasteiger charge is -2.31. The highest BCUT2D eigenvalue weighted by atomic mass is 35.5. The topological polar surface area (TPSA) is 85.9 Å². The zero-order valence-electron chi connectivity index (χ0n) is 18.3. The number of carbonyl (C=O) groups is 1. The summed E-state index contributed by atoms with van der Waals surface area (Å²) in [6.07, 6.45) is 9.74. The summed E-state index contributed by atoms with van der Waals surface area (Å²) in [5, 5.41) is 8.36. The van der Waals surface area contributed by atoms with Crippen LogP contribution in [0.1, 0.15) is 38.5 Å². The molecule has 5 rings (SSSR count). The Morgan fingerprint density at radius 2 is 2.00 bits per heavy atom. The number of hydrogen-bond donors (Lipinski definition) is 3. The molecular weight excluding hydrogens is 424 g/mol. The number of likely N-dealkylation sites (N-methyl/N-ethyl adjacent to an activating group) is 1. The highest BCUT2D eigenvalue weighted by molar-refractivity contribution is 6.29. The van der Waals surface area contributed by atoms with Crippen LogP contribution in [0.25, 0.3) is 22.2 Å². The van der Waals surface area contributed by atoms with Crippen LogP contribution in [-0.4, -0.2) is 57.5 Å². The van der Waals surface area contributed by atoms with E-state index in [1.165, 1.54) is 0 Å². The van der Waals surface area contributed by atoms with Crippen molar-refractivity contribution in [2.45, 2.75) is 56.7 Å².